The largest absolute Gasteiger partial charge is 0.464 e. The van der Waals surface area contributed by atoms with E-state index in [0.717, 1.165) is 35.8 Å². The number of nitrogen functional groups attached to an aromatic ring is 1. The lowest BCUT2D eigenvalue weighted by atomic mass is 9.93. The van der Waals surface area contributed by atoms with Gasteiger partial charge in [-0.25, -0.2) is 4.79 Å². The third-order valence-electron chi connectivity index (χ3n) is 4.81. The third kappa shape index (κ3) is 5.08. The molecule has 1 fully saturated rings. The summed E-state index contributed by atoms with van der Waals surface area (Å²) in [4.78, 5) is 24.6. The lowest BCUT2D eigenvalue weighted by Crippen LogP contribution is -2.39. The van der Waals surface area contributed by atoms with E-state index in [4.69, 9.17) is 20.6 Å². The maximum absolute atomic E-state index is 12.6. The minimum absolute atomic E-state index is 0.0143. The van der Waals surface area contributed by atoms with Crippen LogP contribution < -0.4 is 11.1 Å². The Kier molecular flexibility index (Phi) is 6.64. The number of benzene rings is 1. The summed E-state index contributed by atoms with van der Waals surface area (Å²) in [5.74, 6) is -0.402. The third-order valence-corrected chi connectivity index (χ3v) is 5.90. The van der Waals surface area contributed by atoms with Gasteiger partial charge in [-0.1, -0.05) is 12.1 Å². The van der Waals surface area contributed by atoms with Gasteiger partial charge in [0.25, 0.3) is 5.91 Å². The number of rotatable bonds is 7. The first-order valence-electron chi connectivity index (χ1n) is 9.42. The Morgan fingerprint density at radius 2 is 2.00 bits per heavy atom. The summed E-state index contributed by atoms with van der Waals surface area (Å²) in [6.45, 7) is 2.11. The van der Waals surface area contributed by atoms with Crippen LogP contribution in [-0.2, 0) is 14.3 Å². The molecule has 1 saturated carbocycles. The molecule has 1 heterocycles. The van der Waals surface area contributed by atoms with Crippen molar-refractivity contribution in [2.75, 3.05) is 13.2 Å². The highest BCUT2D eigenvalue weighted by molar-refractivity contribution is 7.20. The average Bonchev–Trinajstić information content (AvgIpc) is 3.11. The molecule has 3 rings (SSSR count). The number of nitrogens with one attached hydrogen (secondary N) is 2. The molecule has 0 radical (unpaired) electrons. The summed E-state index contributed by atoms with van der Waals surface area (Å²) < 4.78 is 11.4. The van der Waals surface area contributed by atoms with Gasteiger partial charge in [0.15, 0.2) is 0 Å². The summed E-state index contributed by atoms with van der Waals surface area (Å²) in [6, 6.07) is 7.48. The van der Waals surface area contributed by atoms with Crippen LogP contribution in [0.3, 0.4) is 0 Å². The van der Waals surface area contributed by atoms with Crippen molar-refractivity contribution in [2.45, 2.75) is 44.8 Å². The van der Waals surface area contributed by atoms with E-state index in [1.165, 1.54) is 11.3 Å². The fourth-order valence-electron chi connectivity index (χ4n) is 3.33. The van der Waals surface area contributed by atoms with Gasteiger partial charge in [0.2, 0.25) is 0 Å². The van der Waals surface area contributed by atoms with Crippen molar-refractivity contribution in [3.63, 3.8) is 0 Å². The molecular weight excluding hydrogens is 378 g/mol. The molecule has 0 aliphatic heterocycles. The quantitative estimate of drug-likeness (QED) is 0.374. The first-order valence-corrected chi connectivity index (χ1v) is 10.2. The van der Waals surface area contributed by atoms with Crippen molar-refractivity contribution >= 4 is 39.1 Å². The van der Waals surface area contributed by atoms with Crippen LogP contribution in [0.5, 0.6) is 0 Å². The maximum atomic E-state index is 12.6. The summed E-state index contributed by atoms with van der Waals surface area (Å²) in [5.41, 5.74) is 6.19. The van der Waals surface area contributed by atoms with E-state index >= 15 is 0 Å². The van der Waals surface area contributed by atoms with Crippen LogP contribution in [0.2, 0.25) is 0 Å². The van der Waals surface area contributed by atoms with Gasteiger partial charge >= 0.3 is 5.97 Å². The molecule has 0 spiro atoms. The summed E-state index contributed by atoms with van der Waals surface area (Å²) >= 11 is 1.40. The Hall–Kier alpha value is -2.45. The van der Waals surface area contributed by atoms with Gasteiger partial charge < -0.3 is 20.5 Å². The van der Waals surface area contributed by atoms with Crippen molar-refractivity contribution in [1.29, 1.82) is 5.41 Å². The number of carbonyl (C=O) groups is 2. The second-order valence-corrected chi connectivity index (χ2v) is 7.92. The van der Waals surface area contributed by atoms with Crippen molar-refractivity contribution in [3.8, 4) is 0 Å². The standard InChI is InChI=1S/C20H25N3O4S/c1-2-26-18(24)11-27-15-7-5-14(6-8-15)23-20(25)17-9-12-3-4-13(19(21)22)10-16(12)28-17/h3-4,9-10,14-15H,2,5-8,11H2,1H3,(H3,21,22)(H,23,25)/t14-,15-. The molecule has 0 bridgehead atoms. The first-order chi connectivity index (χ1) is 13.5. The molecule has 0 unspecified atom stereocenters. The van der Waals surface area contributed by atoms with Gasteiger partial charge in [-0.05, 0) is 50.1 Å². The highest BCUT2D eigenvalue weighted by atomic mass is 32.1. The van der Waals surface area contributed by atoms with E-state index in [9.17, 15) is 9.59 Å². The number of fused-ring (bicyclic) bond motifs is 1. The van der Waals surface area contributed by atoms with E-state index in [2.05, 4.69) is 5.32 Å². The molecule has 0 atom stereocenters. The van der Waals surface area contributed by atoms with Gasteiger partial charge in [-0.15, -0.1) is 11.3 Å². The predicted octanol–water partition coefficient (Wildman–Crippen LogP) is 2.81. The van der Waals surface area contributed by atoms with E-state index in [1.54, 1.807) is 13.0 Å². The predicted molar refractivity (Wildman–Crippen MR) is 109 cm³/mol. The maximum Gasteiger partial charge on any atom is 0.332 e. The minimum Gasteiger partial charge on any atom is -0.464 e. The van der Waals surface area contributed by atoms with Crippen LogP contribution >= 0.6 is 11.3 Å². The smallest absolute Gasteiger partial charge is 0.332 e. The molecule has 0 saturated heterocycles. The number of esters is 1. The van der Waals surface area contributed by atoms with Crippen molar-refractivity contribution < 1.29 is 19.1 Å². The molecule has 1 aromatic heterocycles. The highest BCUT2D eigenvalue weighted by Crippen LogP contribution is 2.27. The molecule has 150 valence electrons. The normalized spacial score (nSPS) is 19.3. The van der Waals surface area contributed by atoms with E-state index in [1.807, 2.05) is 18.2 Å². The molecule has 1 aliphatic rings. The Labute approximate surface area is 167 Å². The molecule has 7 nitrogen and oxygen atoms in total. The molecule has 28 heavy (non-hydrogen) atoms. The van der Waals surface area contributed by atoms with Crippen molar-refractivity contribution in [2.24, 2.45) is 5.73 Å². The molecule has 4 N–H and O–H groups in total. The Balaban J connectivity index is 1.51. The number of nitrogens with two attached hydrogens (primary N) is 1. The number of amidine groups is 1. The van der Waals surface area contributed by atoms with Gasteiger partial charge in [0.05, 0.1) is 17.6 Å². The van der Waals surface area contributed by atoms with Gasteiger partial charge in [0.1, 0.15) is 12.4 Å². The number of carbonyl (C=O) groups excluding carboxylic acids is 2. The fraction of sp³-hybridized carbons (Fsp3) is 0.450. The lowest BCUT2D eigenvalue weighted by Gasteiger charge is -2.28. The van der Waals surface area contributed by atoms with E-state index in [-0.39, 0.29) is 36.5 Å². The zero-order chi connectivity index (χ0) is 20.1. The van der Waals surface area contributed by atoms with Crippen LogP contribution in [0.4, 0.5) is 0 Å². The average molecular weight is 404 g/mol. The van der Waals surface area contributed by atoms with Crippen LogP contribution in [0.25, 0.3) is 10.1 Å². The van der Waals surface area contributed by atoms with Crippen LogP contribution in [0.15, 0.2) is 24.3 Å². The molecule has 2 aromatic rings. The number of amides is 1. The number of hydrogen-bond donors (Lipinski definition) is 3. The number of thiophene rings is 1. The number of ether oxygens (including phenoxy) is 2. The minimum atomic E-state index is -0.337. The van der Waals surface area contributed by atoms with Crippen molar-refractivity contribution in [3.05, 3.63) is 34.7 Å². The zero-order valence-electron chi connectivity index (χ0n) is 15.8. The zero-order valence-corrected chi connectivity index (χ0v) is 16.6. The van der Waals surface area contributed by atoms with E-state index in [0.29, 0.717) is 17.0 Å². The summed E-state index contributed by atoms with van der Waals surface area (Å²) in [6.07, 6.45) is 3.28. The molecular formula is C20H25N3O4S. The van der Waals surface area contributed by atoms with Crippen LogP contribution in [0, 0.1) is 5.41 Å². The van der Waals surface area contributed by atoms with Gasteiger partial charge in [-0.3, -0.25) is 10.2 Å². The van der Waals surface area contributed by atoms with E-state index < -0.39 is 0 Å². The first kappa shape index (κ1) is 20.3. The monoisotopic (exact) mass is 403 g/mol. The number of hydrogen-bond acceptors (Lipinski definition) is 6. The second kappa shape index (κ2) is 9.16. The van der Waals surface area contributed by atoms with Crippen LogP contribution in [-0.4, -0.2) is 43.1 Å². The second-order valence-electron chi connectivity index (χ2n) is 6.84. The van der Waals surface area contributed by atoms with Crippen molar-refractivity contribution in [1.82, 2.24) is 5.32 Å². The van der Waals surface area contributed by atoms with Crippen LogP contribution in [0.1, 0.15) is 47.8 Å². The molecule has 8 heteroatoms. The van der Waals surface area contributed by atoms with Gasteiger partial charge in [-0.2, -0.15) is 0 Å². The Morgan fingerprint density at radius 1 is 1.25 bits per heavy atom. The highest BCUT2D eigenvalue weighted by Gasteiger charge is 2.24. The Bertz CT molecular complexity index is 871. The summed E-state index contributed by atoms with van der Waals surface area (Å²) in [5, 5.41) is 11.6. The molecule has 1 amide bonds. The topological polar surface area (TPSA) is 114 Å². The molecule has 1 aromatic carbocycles. The summed E-state index contributed by atoms with van der Waals surface area (Å²) in [7, 11) is 0. The van der Waals surface area contributed by atoms with Gasteiger partial charge in [0, 0.05) is 16.3 Å². The SMILES string of the molecule is CCOC(=O)CO[C@H]1CC[C@H](NC(=O)c2cc3ccc(C(=N)N)cc3s2)CC1. The molecule has 1 aliphatic carbocycles. The Morgan fingerprint density at radius 3 is 2.68 bits per heavy atom. The fourth-order valence-corrected chi connectivity index (χ4v) is 4.33. The lowest BCUT2D eigenvalue weighted by molar-refractivity contribution is -0.151.